The van der Waals surface area contributed by atoms with Crippen LogP contribution in [-0.2, 0) is 7.05 Å². The molecule has 0 unspecified atom stereocenters. The average molecular weight is 149 g/mol. The molecule has 1 heteroatoms. The number of aromatic nitrogens is 1. The Morgan fingerprint density at radius 2 is 2.27 bits per heavy atom. The molecule has 0 saturated carbocycles. The molecule has 0 bridgehead atoms. The third-order valence-corrected chi connectivity index (χ3v) is 1.86. The van der Waals surface area contributed by atoms with Crippen LogP contribution in [0.5, 0.6) is 0 Å². The summed E-state index contributed by atoms with van der Waals surface area (Å²) in [6.07, 6.45) is 7.58. The van der Waals surface area contributed by atoms with Crippen molar-refractivity contribution >= 4 is 12.2 Å². The zero-order chi connectivity index (χ0) is 8.27. The average Bonchev–Trinajstić information content (AvgIpc) is 2.34. The highest BCUT2D eigenvalue weighted by atomic mass is 14.9. The molecule has 60 valence electrons. The van der Waals surface area contributed by atoms with E-state index in [1.54, 1.807) is 0 Å². The molecule has 1 nitrogen and oxygen atoms in total. The fraction of sp³-hybridized carbons (Fsp3) is 0.400. The van der Waals surface area contributed by atoms with E-state index in [0.29, 0.717) is 0 Å². The number of rotatable bonds is 1. The quantitative estimate of drug-likeness (QED) is 0.562. The maximum Gasteiger partial charge on any atom is 0.0433 e. The highest BCUT2D eigenvalue weighted by molar-refractivity contribution is 5.27. The summed E-state index contributed by atoms with van der Waals surface area (Å²) >= 11 is 0. The number of aryl methyl sites for hydroxylation is 1. The third kappa shape index (κ3) is 1.53. The molecule has 1 aromatic heterocycles. The van der Waals surface area contributed by atoms with Gasteiger partial charge < -0.3 is 4.57 Å². The van der Waals surface area contributed by atoms with Gasteiger partial charge in [-0.1, -0.05) is 19.1 Å². The molecular weight excluding hydrogens is 134 g/mol. The first-order valence-corrected chi connectivity index (χ1v) is 4.07. The van der Waals surface area contributed by atoms with Crippen molar-refractivity contribution in [3.63, 3.8) is 0 Å². The summed E-state index contributed by atoms with van der Waals surface area (Å²) in [5.41, 5.74) is 0. The molecule has 0 aromatic carbocycles. The van der Waals surface area contributed by atoms with Crippen molar-refractivity contribution < 1.29 is 0 Å². The first-order valence-electron chi connectivity index (χ1n) is 4.07. The molecule has 0 N–H and O–H groups in total. The monoisotopic (exact) mass is 149 g/mol. The Bertz CT molecular complexity index is 330. The fourth-order valence-corrected chi connectivity index (χ4v) is 1.26. The fourth-order valence-electron chi connectivity index (χ4n) is 1.26. The van der Waals surface area contributed by atoms with Crippen molar-refractivity contribution in [3.8, 4) is 0 Å². The van der Waals surface area contributed by atoms with Crippen LogP contribution >= 0.6 is 0 Å². The van der Waals surface area contributed by atoms with Crippen LogP contribution in [0.3, 0.4) is 0 Å². The van der Waals surface area contributed by atoms with Crippen molar-refractivity contribution in [2.45, 2.75) is 20.3 Å². The second-order valence-corrected chi connectivity index (χ2v) is 2.67. The first kappa shape index (κ1) is 8.12. The Balaban J connectivity index is 3.42. The summed E-state index contributed by atoms with van der Waals surface area (Å²) in [7, 11) is 2.08. The minimum Gasteiger partial charge on any atom is -0.351 e. The van der Waals surface area contributed by atoms with Gasteiger partial charge in [0, 0.05) is 18.6 Å². The van der Waals surface area contributed by atoms with Crippen LogP contribution in [-0.4, -0.2) is 4.57 Å². The second kappa shape index (κ2) is 3.42. The van der Waals surface area contributed by atoms with Gasteiger partial charge in [-0.05, 0) is 24.6 Å². The van der Waals surface area contributed by atoms with Crippen molar-refractivity contribution in [3.05, 3.63) is 22.8 Å². The van der Waals surface area contributed by atoms with Crippen molar-refractivity contribution in [1.82, 2.24) is 4.57 Å². The van der Waals surface area contributed by atoms with Gasteiger partial charge in [-0.2, -0.15) is 0 Å². The van der Waals surface area contributed by atoms with Gasteiger partial charge in [0.15, 0.2) is 0 Å². The number of hydrogen-bond acceptors (Lipinski definition) is 0. The second-order valence-electron chi connectivity index (χ2n) is 2.67. The summed E-state index contributed by atoms with van der Waals surface area (Å²) in [4.78, 5) is 0. The number of hydrogen-bond donors (Lipinski definition) is 0. The minimum atomic E-state index is 1.10. The third-order valence-electron chi connectivity index (χ3n) is 1.86. The van der Waals surface area contributed by atoms with E-state index in [0.717, 1.165) is 6.42 Å². The molecule has 0 radical (unpaired) electrons. The smallest absolute Gasteiger partial charge is 0.0433 e. The lowest BCUT2D eigenvalue weighted by atomic mass is 10.3. The molecule has 0 amide bonds. The Morgan fingerprint density at radius 3 is 2.82 bits per heavy atom. The van der Waals surface area contributed by atoms with E-state index in [1.165, 1.54) is 10.6 Å². The van der Waals surface area contributed by atoms with Crippen LogP contribution in [0.15, 0.2) is 12.3 Å². The van der Waals surface area contributed by atoms with E-state index in [-0.39, 0.29) is 0 Å². The van der Waals surface area contributed by atoms with Gasteiger partial charge in [-0.15, -0.1) is 0 Å². The molecule has 0 fully saturated rings. The summed E-state index contributed by atoms with van der Waals surface area (Å²) in [5.74, 6) is 0. The molecule has 0 atom stereocenters. The van der Waals surface area contributed by atoms with Gasteiger partial charge in [-0.3, -0.25) is 0 Å². The molecule has 0 aliphatic heterocycles. The molecule has 1 aromatic rings. The summed E-state index contributed by atoms with van der Waals surface area (Å²) in [5, 5.41) is 2.66. The Labute approximate surface area is 67.7 Å². The zero-order valence-corrected chi connectivity index (χ0v) is 7.46. The minimum absolute atomic E-state index is 1.10. The van der Waals surface area contributed by atoms with Gasteiger partial charge in [0.25, 0.3) is 0 Å². The lowest BCUT2D eigenvalue weighted by Crippen LogP contribution is -2.26. The van der Waals surface area contributed by atoms with Crippen LogP contribution in [0.1, 0.15) is 20.3 Å². The molecule has 0 aliphatic rings. The molecule has 1 rings (SSSR count). The molecule has 11 heavy (non-hydrogen) atoms. The first-order chi connectivity index (χ1) is 5.29. The maximum atomic E-state index is 2.25. The predicted molar refractivity (Wildman–Crippen MR) is 49.6 cm³/mol. The number of nitrogens with zero attached hydrogens (tertiary/aromatic N) is 1. The molecular formula is C10H15N. The van der Waals surface area contributed by atoms with Gasteiger partial charge in [0.05, 0.1) is 0 Å². The predicted octanol–water partition coefficient (Wildman–Crippen LogP) is 1.02. The van der Waals surface area contributed by atoms with Crippen LogP contribution in [0, 0.1) is 0 Å². The largest absolute Gasteiger partial charge is 0.351 e. The van der Waals surface area contributed by atoms with Gasteiger partial charge in [0.2, 0.25) is 0 Å². The highest BCUT2D eigenvalue weighted by Gasteiger charge is 1.86. The van der Waals surface area contributed by atoms with Gasteiger partial charge in [0.1, 0.15) is 0 Å². The van der Waals surface area contributed by atoms with E-state index in [1.807, 2.05) is 0 Å². The van der Waals surface area contributed by atoms with Crippen LogP contribution in [0.2, 0.25) is 0 Å². The van der Waals surface area contributed by atoms with Crippen molar-refractivity contribution in [2.24, 2.45) is 7.05 Å². The lowest BCUT2D eigenvalue weighted by molar-refractivity contribution is 0.884. The Hall–Kier alpha value is -0.980. The Kier molecular flexibility index (Phi) is 2.53. The molecule has 0 aliphatic carbocycles. The molecule has 1 heterocycles. The van der Waals surface area contributed by atoms with Crippen LogP contribution in [0.4, 0.5) is 0 Å². The summed E-state index contributed by atoms with van der Waals surface area (Å²) < 4.78 is 2.15. The van der Waals surface area contributed by atoms with E-state index in [4.69, 9.17) is 0 Å². The molecule has 0 spiro atoms. The van der Waals surface area contributed by atoms with E-state index < -0.39 is 0 Å². The van der Waals surface area contributed by atoms with Crippen molar-refractivity contribution in [2.75, 3.05) is 0 Å². The molecule has 0 saturated heterocycles. The standard InChI is InChI=1S/C10H15N/c1-4-6-10-9(5-2)7-8-11(10)3/h5-8H,4H2,1-3H3/b9-5-,10-6+. The normalized spacial score (nSPS) is 14.5. The lowest BCUT2D eigenvalue weighted by Gasteiger charge is -1.89. The highest BCUT2D eigenvalue weighted by Crippen LogP contribution is 1.76. The van der Waals surface area contributed by atoms with Crippen LogP contribution in [0.25, 0.3) is 12.2 Å². The Morgan fingerprint density at radius 1 is 1.55 bits per heavy atom. The van der Waals surface area contributed by atoms with E-state index in [2.05, 4.69) is 49.9 Å². The van der Waals surface area contributed by atoms with E-state index in [9.17, 15) is 0 Å². The SMILES string of the molecule is C/C=c1/ccn(C)/c1=C/CC. The summed E-state index contributed by atoms with van der Waals surface area (Å²) in [6, 6.07) is 2.14. The van der Waals surface area contributed by atoms with E-state index >= 15 is 0 Å². The van der Waals surface area contributed by atoms with Gasteiger partial charge >= 0.3 is 0 Å². The van der Waals surface area contributed by atoms with Crippen LogP contribution < -0.4 is 10.6 Å². The summed E-state index contributed by atoms with van der Waals surface area (Å²) in [6.45, 7) is 4.23. The topological polar surface area (TPSA) is 4.93 Å². The van der Waals surface area contributed by atoms with Crippen molar-refractivity contribution in [1.29, 1.82) is 0 Å². The maximum absolute atomic E-state index is 2.25. The van der Waals surface area contributed by atoms with Gasteiger partial charge in [-0.25, -0.2) is 0 Å². The zero-order valence-electron chi connectivity index (χ0n) is 7.46.